The van der Waals surface area contributed by atoms with E-state index < -0.39 is 0 Å². The fourth-order valence-electron chi connectivity index (χ4n) is 2.89. The van der Waals surface area contributed by atoms with Gasteiger partial charge in [-0.1, -0.05) is 29.3 Å². The molecule has 1 aliphatic rings. The zero-order valence-corrected chi connectivity index (χ0v) is 14.8. The van der Waals surface area contributed by atoms with E-state index in [4.69, 9.17) is 23.2 Å². The quantitative estimate of drug-likeness (QED) is 0.905. The molecule has 1 aliphatic heterocycles. The van der Waals surface area contributed by atoms with E-state index in [2.05, 4.69) is 24.3 Å². The van der Waals surface area contributed by atoms with Crippen molar-refractivity contribution in [2.45, 2.75) is 19.4 Å². The van der Waals surface area contributed by atoms with E-state index in [0.29, 0.717) is 16.0 Å². The van der Waals surface area contributed by atoms with Crippen LogP contribution in [0.2, 0.25) is 10.0 Å². The summed E-state index contributed by atoms with van der Waals surface area (Å²) in [4.78, 5) is 16.4. The first-order valence-corrected chi connectivity index (χ1v) is 8.27. The van der Waals surface area contributed by atoms with Gasteiger partial charge in [-0.3, -0.25) is 0 Å². The molecule has 1 saturated heterocycles. The number of nitrogens with one attached hydrogen (secondary N) is 1. The molecular weight excluding hydrogens is 321 g/mol. The predicted molar refractivity (Wildman–Crippen MR) is 91.6 cm³/mol. The van der Waals surface area contributed by atoms with Gasteiger partial charge in [-0.15, -0.1) is 0 Å². The minimum atomic E-state index is -0.148. The van der Waals surface area contributed by atoms with Crippen LogP contribution in [0.25, 0.3) is 0 Å². The van der Waals surface area contributed by atoms with Crippen LogP contribution in [0.1, 0.15) is 24.9 Å². The zero-order valence-electron chi connectivity index (χ0n) is 13.3. The molecule has 1 heterocycles. The monoisotopic (exact) mass is 343 g/mol. The third kappa shape index (κ3) is 4.51. The summed E-state index contributed by atoms with van der Waals surface area (Å²) in [5.74, 6) is 0.551. The van der Waals surface area contributed by atoms with Gasteiger partial charge in [0.1, 0.15) is 0 Å². The molecule has 0 radical (unpaired) electrons. The number of rotatable bonds is 4. The Morgan fingerprint density at radius 2 is 2.18 bits per heavy atom. The molecular formula is C16H23Cl2N3O. The Bertz CT molecular complexity index is 536. The van der Waals surface area contributed by atoms with Crippen LogP contribution in [0.3, 0.4) is 0 Å². The minimum absolute atomic E-state index is 0.0280. The van der Waals surface area contributed by atoms with Crippen molar-refractivity contribution in [2.24, 2.45) is 5.92 Å². The highest BCUT2D eigenvalue weighted by molar-refractivity contribution is 6.35. The Balaban J connectivity index is 1.92. The summed E-state index contributed by atoms with van der Waals surface area (Å²) in [6.45, 7) is 4.57. The third-order valence-corrected chi connectivity index (χ3v) is 4.53. The molecule has 6 heteroatoms. The van der Waals surface area contributed by atoms with Crippen LogP contribution in [0.4, 0.5) is 4.79 Å². The molecule has 0 unspecified atom stereocenters. The van der Waals surface area contributed by atoms with Crippen LogP contribution in [0, 0.1) is 5.92 Å². The van der Waals surface area contributed by atoms with Crippen LogP contribution in [0.15, 0.2) is 18.2 Å². The highest BCUT2D eigenvalue weighted by Crippen LogP contribution is 2.26. The Hall–Kier alpha value is -0.970. The third-order valence-electron chi connectivity index (χ3n) is 3.97. The van der Waals surface area contributed by atoms with Crippen molar-refractivity contribution in [3.63, 3.8) is 0 Å². The van der Waals surface area contributed by atoms with Crippen molar-refractivity contribution in [3.05, 3.63) is 33.8 Å². The summed E-state index contributed by atoms with van der Waals surface area (Å²) in [5.41, 5.74) is 0.878. The van der Waals surface area contributed by atoms with E-state index in [1.54, 1.807) is 12.1 Å². The lowest BCUT2D eigenvalue weighted by Crippen LogP contribution is -2.40. The van der Waals surface area contributed by atoms with Crippen molar-refractivity contribution >= 4 is 29.2 Å². The second-order valence-electron chi connectivity index (χ2n) is 6.20. The highest BCUT2D eigenvalue weighted by Gasteiger charge is 2.27. The molecule has 0 bridgehead atoms. The Labute approximate surface area is 142 Å². The fourth-order valence-corrected chi connectivity index (χ4v) is 3.46. The van der Waals surface area contributed by atoms with Crippen molar-refractivity contribution in [3.8, 4) is 0 Å². The van der Waals surface area contributed by atoms with Gasteiger partial charge in [-0.25, -0.2) is 4.79 Å². The van der Waals surface area contributed by atoms with Crippen LogP contribution < -0.4 is 5.32 Å². The first kappa shape index (κ1) is 17.4. The standard InChI is InChI=1S/C16H23Cl2N3O/c1-11(14-5-4-13(17)8-15(14)18)19-16(22)21-7-6-12(10-21)9-20(2)3/h4-5,8,11-12H,6-7,9-10H2,1-3H3,(H,19,22)/t11-,12+/m1/s1. The SMILES string of the molecule is C[C@@H](NC(=O)N1CC[C@@H](CN(C)C)C1)c1ccc(Cl)cc1Cl. The number of carbonyl (C=O) groups is 1. The van der Waals surface area contributed by atoms with Gasteiger partial charge < -0.3 is 15.1 Å². The van der Waals surface area contributed by atoms with E-state index in [-0.39, 0.29) is 12.1 Å². The maximum absolute atomic E-state index is 12.4. The Morgan fingerprint density at radius 3 is 2.82 bits per heavy atom. The summed E-state index contributed by atoms with van der Waals surface area (Å²) < 4.78 is 0. The molecule has 4 nitrogen and oxygen atoms in total. The molecule has 22 heavy (non-hydrogen) atoms. The van der Waals surface area contributed by atoms with Crippen molar-refractivity contribution in [1.82, 2.24) is 15.1 Å². The van der Waals surface area contributed by atoms with Gasteiger partial charge in [0.25, 0.3) is 0 Å². The molecule has 1 N–H and O–H groups in total. The molecule has 2 rings (SSSR count). The maximum Gasteiger partial charge on any atom is 0.317 e. The van der Waals surface area contributed by atoms with Crippen molar-refractivity contribution in [1.29, 1.82) is 0 Å². The molecule has 2 atom stereocenters. The largest absolute Gasteiger partial charge is 0.331 e. The maximum atomic E-state index is 12.4. The number of likely N-dealkylation sites (tertiary alicyclic amines) is 1. The number of halogens is 2. The molecule has 1 aromatic carbocycles. The van der Waals surface area contributed by atoms with Gasteiger partial charge in [-0.2, -0.15) is 0 Å². The van der Waals surface area contributed by atoms with Gasteiger partial charge in [0.05, 0.1) is 6.04 Å². The van der Waals surface area contributed by atoms with E-state index in [1.165, 1.54) is 0 Å². The zero-order chi connectivity index (χ0) is 16.3. The molecule has 0 spiro atoms. The number of benzene rings is 1. The van der Waals surface area contributed by atoms with Gasteiger partial charge in [0, 0.05) is 29.7 Å². The van der Waals surface area contributed by atoms with Crippen molar-refractivity contribution in [2.75, 3.05) is 33.7 Å². The number of amides is 2. The predicted octanol–water partition coefficient (Wildman–Crippen LogP) is 3.65. The van der Waals surface area contributed by atoms with E-state index in [9.17, 15) is 4.79 Å². The number of hydrogen-bond acceptors (Lipinski definition) is 2. The molecule has 1 aromatic rings. The van der Waals surface area contributed by atoms with Crippen LogP contribution in [-0.2, 0) is 0 Å². The molecule has 122 valence electrons. The van der Waals surface area contributed by atoms with E-state index >= 15 is 0 Å². The van der Waals surface area contributed by atoms with Gasteiger partial charge >= 0.3 is 6.03 Å². The lowest BCUT2D eigenvalue weighted by Gasteiger charge is -2.22. The molecule has 1 fully saturated rings. The Kier molecular flexibility index (Phi) is 5.95. The van der Waals surface area contributed by atoms with Gasteiger partial charge in [-0.05, 0) is 51.1 Å². The number of urea groups is 1. The fraction of sp³-hybridized carbons (Fsp3) is 0.562. The summed E-state index contributed by atoms with van der Waals surface area (Å²) in [5, 5.41) is 4.19. The number of hydrogen-bond donors (Lipinski definition) is 1. The topological polar surface area (TPSA) is 35.6 Å². The molecule has 0 saturated carbocycles. The molecule has 2 amide bonds. The highest BCUT2D eigenvalue weighted by atomic mass is 35.5. The van der Waals surface area contributed by atoms with Crippen molar-refractivity contribution < 1.29 is 4.79 Å². The minimum Gasteiger partial charge on any atom is -0.331 e. The van der Waals surface area contributed by atoms with Crippen LogP contribution >= 0.6 is 23.2 Å². The smallest absolute Gasteiger partial charge is 0.317 e. The average molecular weight is 344 g/mol. The van der Waals surface area contributed by atoms with Crippen LogP contribution in [0.5, 0.6) is 0 Å². The van der Waals surface area contributed by atoms with Crippen LogP contribution in [-0.4, -0.2) is 49.6 Å². The molecule has 0 aliphatic carbocycles. The summed E-state index contributed by atoms with van der Waals surface area (Å²) in [6.07, 6.45) is 1.06. The lowest BCUT2D eigenvalue weighted by atomic mass is 10.1. The normalized spacial score (nSPS) is 19.5. The van der Waals surface area contributed by atoms with Gasteiger partial charge in [0.2, 0.25) is 0 Å². The second kappa shape index (κ2) is 7.53. The average Bonchev–Trinajstić information content (AvgIpc) is 2.86. The summed E-state index contributed by atoms with van der Waals surface area (Å²) in [7, 11) is 4.13. The number of nitrogens with zero attached hydrogens (tertiary/aromatic N) is 2. The Morgan fingerprint density at radius 1 is 1.45 bits per heavy atom. The first-order valence-electron chi connectivity index (χ1n) is 7.52. The van der Waals surface area contributed by atoms with Gasteiger partial charge in [0.15, 0.2) is 0 Å². The molecule has 0 aromatic heterocycles. The summed E-state index contributed by atoms with van der Waals surface area (Å²) in [6, 6.07) is 5.16. The first-order chi connectivity index (χ1) is 10.4. The lowest BCUT2D eigenvalue weighted by molar-refractivity contribution is 0.202. The van der Waals surface area contributed by atoms with E-state index in [0.717, 1.165) is 31.6 Å². The number of carbonyl (C=O) groups excluding carboxylic acids is 1. The summed E-state index contributed by atoms with van der Waals surface area (Å²) >= 11 is 12.1. The second-order valence-corrected chi connectivity index (χ2v) is 7.04. The van der Waals surface area contributed by atoms with E-state index in [1.807, 2.05) is 17.9 Å².